The summed E-state index contributed by atoms with van der Waals surface area (Å²) in [7, 11) is -4.06. The first kappa shape index (κ1) is 26.1. The van der Waals surface area contributed by atoms with Crippen molar-refractivity contribution < 1.29 is 32.2 Å². The molecule has 1 saturated heterocycles. The second kappa shape index (κ2) is 12.3. The minimum absolute atomic E-state index is 0.0482. The van der Waals surface area contributed by atoms with Gasteiger partial charge in [0.2, 0.25) is 15.9 Å². The van der Waals surface area contributed by atoms with Crippen molar-refractivity contribution in [3.8, 4) is 0 Å². The van der Waals surface area contributed by atoms with Crippen molar-refractivity contribution in [1.82, 2.24) is 4.72 Å². The first-order valence-electron chi connectivity index (χ1n) is 10.9. The van der Waals surface area contributed by atoms with Crippen molar-refractivity contribution in [2.45, 2.75) is 43.4 Å². The molecule has 2 aromatic rings. The Balaban J connectivity index is 1.76. The monoisotopic (exact) mass is 510 g/mol. The molecule has 2 N–H and O–H groups in total. The van der Waals surface area contributed by atoms with Crippen LogP contribution in [0, 0.1) is 0 Å². The predicted molar refractivity (Wildman–Crippen MR) is 126 cm³/mol. The summed E-state index contributed by atoms with van der Waals surface area (Å²) in [4.78, 5) is 25.0. The molecule has 1 aliphatic heterocycles. The van der Waals surface area contributed by atoms with E-state index in [-0.39, 0.29) is 23.7 Å². The smallest absolute Gasteiger partial charge is 0.338 e. The number of amides is 1. The number of rotatable bonds is 10. The Morgan fingerprint density at radius 2 is 1.94 bits per heavy atom. The van der Waals surface area contributed by atoms with Gasteiger partial charge in [-0.25, -0.2) is 13.2 Å². The van der Waals surface area contributed by atoms with E-state index >= 15 is 0 Å². The molecule has 11 heteroatoms. The van der Waals surface area contributed by atoms with E-state index in [1.54, 1.807) is 25.1 Å². The zero-order valence-electron chi connectivity index (χ0n) is 18.7. The lowest BCUT2D eigenvalue weighted by atomic mass is 10.2. The highest BCUT2D eigenvalue weighted by Crippen LogP contribution is 2.18. The van der Waals surface area contributed by atoms with Gasteiger partial charge in [-0.15, -0.1) is 0 Å². The molecular weight excluding hydrogens is 484 g/mol. The first-order valence-corrected chi connectivity index (χ1v) is 12.7. The van der Waals surface area contributed by atoms with E-state index in [1.807, 2.05) is 0 Å². The van der Waals surface area contributed by atoms with Gasteiger partial charge < -0.3 is 19.5 Å². The molecule has 3 rings (SSSR count). The number of hydrogen-bond acceptors (Lipinski definition) is 7. The van der Waals surface area contributed by atoms with Crippen LogP contribution in [0.1, 0.15) is 36.5 Å². The number of sulfonamides is 1. The molecule has 0 bridgehead atoms. The summed E-state index contributed by atoms with van der Waals surface area (Å²) in [6.45, 7) is 2.20. The molecule has 9 nitrogen and oxygen atoms in total. The number of esters is 1. The molecule has 0 saturated carbocycles. The number of benzene rings is 2. The third-order valence-corrected chi connectivity index (χ3v) is 6.71. The molecule has 1 fully saturated rings. The van der Waals surface area contributed by atoms with Crippen LogP contribution in [-0.2, 0) is 29.0 Å². The van der Waals surface area contributed by atoms with Crippen LogP contribution in [0.25, 0.3) is 0 Å². The molecule has 0 spiro atoms. The lowest BCUT2D eigenvalue weighted by molar-refractivity contribution is -0.166. The van der Waals surface area contributed by atoms with E-state index in [0.717, 1.165) is 12.8 Å². The minimum Gasteiger partial charge on any atom is -0.462 e. The van der Waals surface area contributed by atoms with Gasteiger partial charge in [0, 0.05) is 17.3 Å². The average Bonchev–Trinajstić information content (AvgIpc) is 2.83. The van der Waals surface area contributed by atoms with E-state index in [9.17, 15) is 18.0 Å². The molecule has 0 aliphatic carbocycles. The van der Waals surface area contributed by atoms with Crippen LogP contribution < -0.4 is 10.0 Å². The van der Waals surface area contributed by atoms with Crippen molar-refractivity contribution in [2.75, 3.05) is 25.1 Å². The SMILES string of the molecule is CCOC(=O)c1cccc(NC(=O)[C@H](COC2CCCCO2)NS(=O)(=O)c2ccc(Cl)cc2)c1. The van der Waals surface area contributed by atoms with Crippen molar-refractivity contribution in [3.05, 3.63) is 59.1 Å². The minimum atomic E-state index is -4.06. The maximum Gasteiger partial charge on any atom is 0.338 e. The fraction of sp³-hybridized carbons (Fsp3) is 0.391. The Bertz CT molecular complexity index is 1090. The largest absolute Gasteiger partial charge is 0.462 e. The van der Waals surface area contributed by atoms with Gasteiger partial charge in [-0.3, -0.25) is 4.79 Å². The van der Waals surface area contributed by atoms with Crippen LogP contribution in [0.5, 0.6) is 0 Å². The highest BCUT2D eigenvalue weighted by Gasteiger charge is 2.28. The number of carbonyl (C=O) groups excluding carboxylic acids is 2. The van der Waals surface area contributed by atoms with E-state index in [2.05, 4.69) is 10.0 Å². The standard InChI is InChI=1S/C23H27ClN2O7S/c1-2-31-23(28)16-6-5-7-18(14-16)25-22(27)20(15-33-21-8-3-4-13-32-21)26-34(29,30)19-11-9-17(24)10-12-19/h5-7,9-12,14,20-21,26H,2-4,8,13,15H2,1H3,(H,25,27)/t20-,21?/m0/s1. The fourth-order valence-electron chi connectivity index (χ4n) is 3.25. The summed E-state index contributed by atoms with van der Waals surface area (Å²) < 4.78 is 44.4. The molecule has 1 amide bonds. The number of ether oxygens (including phenoxy) is 3. The highest BCUT2D eigenvalue weighted by atomic mass is 35.5. The normalized spacial score (nSPS) is 17.1. The van der Waals surface area contributed by atoms with Gasteiger partial charge in [-0.2, -0.15) is 4.72 Å². The Morgan fingerprint density at radius 1 is 1.18 bits per heavy atom. The van der Waals surface area contributed by atoms with Gasteiger partial charge >= 0.3 is 5.97 Å². The molecule has 0 radical (unpaired) electrons. The average molecular weight is 511 g/mol. The van der Waals surface area contributed by atoms with Gasteiger partial charge in [-0.1, -0.05) is 17.7 Å². The first-order chi connectivity index (χ1) is 16.3. The van der Waals surface area contributed by atoms with E-state index in [4.69, 9.17) is 25.8 Å². The third-order valence-electron chi connectivity index (χ3n) is 4.97. The number of halogens is 1. The summed E-state index contributed by atoms with van der Waals surface area (Å²) in [6, 6.07) is 10.5. The Kier molecular flexibility index (Phi) is 9.43. The van der Waals surface area contributed by atoms with Crippen LogP contribution in [0.2, 0.25) is 5.02 Å². The van der Waals surface area contributed by atoms with Crippen molar-refractivity contribution in [3.63, 3.8) is 0 Å². The van der Waals surface area contributed by atoms with Crippen molar-refractivity contribution in [2.24, 2.45) is 0 Å². The Hall–Kier alpha value is -2.50. The van der Waals surface area contributed by atoms with Crippen LogP contribution in [0.4, 0.5) is 5.69 Å². The molecule has 1 aliphatic rings. The van der Waals surface area contributed by atoms with E-state index < -0.39 is 34.2 Å². The summed E-state index contributed by atoms with van der Waals surface area (Å²) in [5.74, 6) is -1.19. The lowest BCUT2D eigenvalue weighted by Crippen LogP contribution is -2.47. The van der Waals surface area contributed by atoms with Crippen molar-refractivity contribution >= 4 is 39.2 Å². The quantitative estimate of drug-likeness (QED) is 0.470. The number of hydrogen-bond donors (Lipinski definition) is 2. The molecule has 2 atom stereocenters. The zero-order valence-corrected chi connectivity index (χ0v) is 20.2. The zero-order chi connectivity index (χ0) is 24.6. The van der Waals surface area contributed by atoms with Gasteiger partial charge in [0.05, 0.1) is 23.7 Å². The molecule has 34 heavy (non-hydrogen) atoms. The topological polar surface area (TPSA) is 120 Å². The Morgan fingerprint density at radius 3 is 2.62 bits per heavy atom. The van der Waals surface area contributed by atoms with Crippen LogP contribution in [0.3, 0.4) is 0 Å². The molecule has 0 aromatic heterocycles. The number of carbonyl (C=O) groups is 2. The van der Waals surface area contributed by atoms with Gasteiger partial charge in [0.15, 0.2) is 6.29 Å². The van der Waals surface area contributed by atoms with Crippen LogP contribution in [-0.4, -0.2) is 52.4 Å². The summed E-state index contributed by atoms with van der Waals surface area (Å²) in [6.07, 6.45) is 1.97. The maximum atomic E-state index is 13.1. The number of nitrogens with one attached hydrogen (secondary N) is 2. The molecule has 184 valence electrons. The molecule has 1 heterocycles. The summed E-state index contributed by atoms with van der Waals surface area (Å²) in [5.41, 5.74) is 0.560. The van der Waals surface area contributed by atoms with Gasteiger partial charge in [0.25, 0.3) is 0 Å². The van der Waals surface area contributed by atoms with E-state index in [0.29, 0.717) is 23.7 Å². The fourth-order valence-corrected chi connectivity index (χ4v) is 4.55. The van der Waals surface area contributed by atoms with Gasteiger partial charge in [0.1, 0.15) is 6.04 Å². The molecule has 2 aromatic carbocycles. The van der Waals surface area contributed by atoms with Crippen LogP contribution in [0.15, 0.2) is 53.4 Å². The lowest BCUT2D eigenvalue weighted by Gasteiger charge is -2.25. The summed E-state index contributed by atoms with van der Waals surface area (Å²) >= 11 is 5.85. The molecule has 1 unspecified atom stereocenters. The van der Waals surface area contributed by atoms with Crippen LogP contribution >= 0.6 is 11.6 Å². The number of anilines is 1. The predicted octanol–water partition coefficient (Wildman–Crippen LogP) is 3.35. The molecular formula is C23H27ClN2O7S. The van der Waals surface area contributed by atoms with E-state index in [1.165, 1.54) is 30.3 Å². The third kappa shape index (κ3) is 7.51. The maximum absolute atomic E-state index is 13.1. The second-order valence-corrected chi connectivity index (χ2v) is 9.70. The highest BCUT2D eigenvalue weighted by molar-refractivity contribution is 7.89. The second-order valence-electron chi connectivity index (χ2n) is 7.55. The van der Waals surface area contributed by atoms with Gasteiger partial charge in [-0.05, 0) is 68.7 Å². The Labute approximate surface area is 203 Å². The van der Waals surface area contributed by atoms with Crippen molar-refractivity contribution in [1.29, 1.82) is 0 Å². The summed E-state index contributed by atoms with van der Waals surface area (Å²) in [5, 5.41) is 3.02.